The van der Waals surface area contributed by atoms with Crippen molar-refractivity contribution in [2.45, 2.75) is 0 Å². The van der Waals surface area contributed by atoms with E-state index in [1.807, 2.05) is 0 Å². The fourth-order valence-electron chi connectivity index (χ4n) is 2.07. The van der Waals surface area contributed by atoms with Crippen molar-refractivity contribution in [1.29, 1.82) is 0 Å². The van der Waals surface area contributed by atoms with E-state index in [4.69, 9.17) is 0 Å². The molecule has 0 radical (unpaired) electrons. The van der Waals surface area contributed by atoms with Gasteiger partial charge in [0, 0.05) is 11.8 Å². The van der Waals surface area contributed by atoms with Gasteiger partial charge in [-0.25, -0.2) is 4.52 Å². The Labute approximate surface area is 68.6 Å². The van der Waals surface area contributed by atoms with Crippen LogP contribution in [0.3, 0.4) is 0 Å². The SMILES string of the molecule is C1=Cc2c1c1ccc3ccn2n31. The van der Waals surface area contributed by atoms with Gasteiger partial charge in [-0.1, -0.05) is 0 Å². The monoisotopic (exact) mass is 154 g/mol. The summed E-state index contributed by atoms with van der Waals surface area (Å²) < 4.78 is 4.44. The maximum absolute atomic E-state index is 2.24. The number of hydrogen-bond donors (Lipinski definition) is 0. The normalized spacial score (nSPS) is 14.3. The van der Waals surface area contributed by atoms with Crippen LogP contribution in [0.25, 0.3) is 23.2 Å². The molecule has 2 nitrogen and oxygen atoms in total. The Morgan fingerprint density at radius 1 is 1.00 bits per heavy atom. The molecule has 0 spiro atoms. The number of rotatable bonds is 0. The molecule has 3 heterocycles. The van der Waals surface area contributed by atoms with Gasteiger partial charge in [0.2, 0.25) is 0 Å². The molecule has 4 rings (SSSR count). The highest BCUT2D eigenvalue weighted by atomic mass is 15.3. The van der Waals surface area contributed by atoms with Crippen LogP contribution in [0.5, 0.6) is 0 Å². The molecular formula is C10H6N2. The molecule has 3 aromatic rings. The van der Waals surface area contributed by atoms with Crippen molar-refractivity contribution in [3.8, 4) is 0 Å². The Bertz CT molecular complexity index is 560. The largest absolute Gasteiger partial charge is 0.256 e. The van der Waals surface area contributed by atoms with Crippen molar-refractivity contribution in [3.63, 3.8) is 0 Å². The van der Waals surface area contributed by atoms with Crippen LogP contribution >= 0.6 is 0 Å². The molecule has 2 heteroatoms. The summed E-state index contributed by atoms with van der Waals surface area (Å²) in [6.07, 6.45) is 6.44. The van der Waals surface area contributed by atoms with Gasteiger partial charge in [-0.3, -0.25) is 4.52 Å². The second kappa shape index (κ2) is 1.29. The van der Waals surface area contributed by atoms with Crippen LogP contribution in [0.2, 0.25) is 0 Å². The predicted molar refractivity (Wildman–Crippen MR) is 48.5 cm³/mol. The first-order chi connectivity index (χ1) is 5.95. The number of fused-ring (bicyclic) bond motifs is 3. The molecule has 0 aromatic carbocycles. The lowest BCUT2D eigenvalue weighted by molar-refractivity contribution is 0.891. The minimum Gasteiger partial charge on any atom is -0.256 e. The van der Waals surface area contributed by atoms with E-state index in [0.29, 0.717) is 0 Å². The van der Waals surface area contributed by atoms with Crippen molar-refractivity contribution < 1.29 is 0 Å². The first-order valence-corrected chi connectivity index (χ1v) is 4.07. The summed E-state index contributed by atoms with van der Waals surface area (Å²) in [6, 6.07) is 6.47. The molecule has 1 aliphatic carbocycles. The summed E-state index contributed by atoms with van der Waals surface area (Å²) in [4.78, 5) is 0. The minimum absolute atomic E-state index is 1.28. The lowest BCUT2D eigenvalue weighted by Gasteiger charge is -2.01. The van der Waals surface area contributed by atoms with Crippen LogP contribution in [0.15, 0.2) is 24.4 Å². The van der Waals surface area contributed by atoms with E-state index in [2.05, 4.69) is 45.6 Å². The second-order valence-electron chi connectivity index (χ2n) is 3.25. The standard InChI is InChI=1S/C10H6N2/c1-3-10-8-2-4-9(8)11-6-5-7(1)12(10)11/h1-6H. The zero-order valence-corrected chi connectivity index (χ0v) is 6.36. The lowest BCUT2D eigenvalue weighted by Crippen LogP contribution is -1.92. The number of aromatic nitrogens is 2. The highest BCUT2D eigenvalue weighted by Gasteiger charge is 2.18. The van der Waals surface area contributed by atoms with E-state index in [0.717, 1.165) is 0 Å². The van der Waals surface area contributed by atoms with Crippen LogP contribution in [-0.4, -0.2) is 9.03 Å². The summed E-state index contributed by atoms with van der Waals surface area (Å²) in [7, 11) is 0. The summed E-state index contributed by atoms with van der Waals surface area (Å²) >= 11 is 0. The third kappa shape index (κ3) is 0.318. The van der Waals surface area contributed by atoms with Gasteiger partial charge in [0.15, 0.2) is 0 Å². The topological polar surface area (TPSA) is 8.82 Å². The Morgan fingerprint density at radius 3 is 2.83 bits per heavy atom. The van der Waals surface area contributed by atoms with Crippen LogP contribution in [-0.2, 0) is 0 Å². The van der Waals surface area contributed by atoms with E-state index in [-0.39, 0.29) is 0 Å². The van der Waals surface area contributed by atoms with Crippen molar-refractivity contribution in [3.05, 3.63) is 35.7 Å². The highest BCUT2D eigenvalue weighted by molar-refractivity contribution is 5.93. The van der Waals surface area contributed by atoms with Gasteiger partial charge < -0.3 is 0 Å². The second-order valence-corrected chi connectivity index (χ2v) is 3.25. The molecule has 12 heavy (non-hydrogen) atoms. The van der Waals surface area contributed by atoms with Crippen LogP contribution in [0.4, 0.5) is 0 Å². The first kappa shape index (κ1) is 5.04. The van der Waals surface area contributed by atoms with E-state index in [9.17, 15) is 0 Å². The third-order valence-electron chi connectivity index (χ3n) is 2.69. The molecule has 0 saturated heterocycles. The molecule has 0 unspecified atom stereocenters. The average molecular weight is 154 g/mol. The van der Waals surface area contributed by atoms with E-state index in [1.54, 1.807) is 0 Å². The number of hydrogen-bond acceptors (Lipinski definition) is 0. The molecule has 0 amide bonds. The predicted octanol–water partition coefficient (Wildman–Crippen LogP) is 2.11. The maximum Gasteiger partial charge on any atom is 0.0731 e. The molecule has 0 bridgehead atoms. The zero-order valence-electron chi connectivity index (χ0n) is 6.36. The Kier molecular flexibility index (Phi) is 0.541. The van der Waals surface area contributed by atoms with Gasteiger partial charge in [0.1, 0.15) is 0 Å². The minimum atomic E-state index is 1.28. The molecule has 1 aliphatic rings. The molecular weight excluding hydrogens is 148 g/mol. The first-order valence-electron chi connectivity index (χ1n) is 4.07. The molecule has 0 N–H and O–H groups in total. The average Bonchev–Trinajstić information content (AvgIpc) is 2.56. The summed E-state index contributed by atoms with van der Waals surface area (Å²) in [5.74, 6) is 0. The zero-order chi connectivity index (χ0) is 7.71. The van der Waals surface area contributed by atoms with Gasteiger partial charge in [0.05, 0.1) is 16.7 Å². The fourth-order valence-corrected chi connectivity index (χ4v) is 2.07. The van der Waals surface area contributed by atoms with Crippen LogP contribution < -0.4 is 0 Å². The Balaban J connectivity index is 2.55. The van der Waals surface area contributed by atoms with Crippen molar-refractivity contribution in [2.24, 2.45) is 0 Å². The number of nitrogens with zero attached hydrogens (tertiary/aromatic N) is 2. The molecule has 0 fully saturated rings. The summed E-state index contributed by atoms with van der Waals surface area (Å²) in [5, 5.41) is 0. The van der Waals surface area contributed by atoms with Gasteiger partial charge in [-0.15, -0.1) is 0 Å². The summed E-state index contributed by atoms with van der Waals surface area (Å²) in [5.41, 5.74) is 5.32. The van der Waals surface area contributed by atoms with Gasteiger partial charge >= 0.3 is 0 Å². The van der Waals surface area contributed by atoms with Crippen molar-refractivity contribution in [2.75, 3.05) is 0 Å². The van der Waals surface area contributed by atoms with E-state index >= 15 is 0 Å². The van der Waals surface area contributed by atoms with E-state index in [1.165, 1.54) is 22.3 Å². The molecule has 0 aliphatic heterocycles. The van der Waals surface area contributed by atoms with Gasteiger partial charge in [-0.05, 0) is 30.4 Å². The van der Waals surface area contributed by atoms with Crippen LogP contribution in [0, 0.1) is 0 Å². The van der Waals surface area contributed by atoms with Gasteiger partial charge in [0.25, 0.3) is 0 Å². The molecule has 0 atom stereocenters. The third-order valence-corrected chi connectivity index (χ3v) is 2.69. The fraction of sp³-hybridized carbons (Fsp3) is 0. The van der Waals surface area contributed by atoms with Crippen molar-refractivity contribution in [1.82, 2.24) is 9.03 Å². The molecule has 56 valence electrons. The lowest BCUT2D eigenvalue weighted by atomic mass is 10.1. The highest BCUT2D eigenvalue weighted by Crippen LogP contribution is 2.31. The summed E-state index contributed by atoms with van der Waals surface area (Å²) in [6.45, 7) is 0. The van der Waals surface area contributed by atoms with Crippen molar-refractivity contribution >= 4 is 23.2 Å². The maximum atomic E-state index is 2.24. The van der Waals surface area contributed by atoms with Crippen LogP contribution in [0.1, 0.15) is 11.3 Å². The van der Waals surface area contributed by atoms with Gasteiger partial charge in [-0.2, -0.15) is 0 Å². The Morgan fingerprint density at radius 2 is 2.00 bits per heavy atom. The quantitative estimate of drug-likeness (QED) is 0.367. The smallest absolute Gasteiger partial charge is 0.0731 e. The molecule has 0 saturated carbocycles. The Hall–Kier alpha value is -1.70. The van der Waals surface area contributed by atoms with E-state index < -0.39 is 0 Å². The molecule has 3 aromatic heterocycles.